The van der Waals surface area contributed by atoms with E-state index < -0.39 is 40.2 Å². The highest BCUT2D eigenvalue weighted by Gasteiger charge is 2.32. The summed E-state index contributed by atoms with van der Waals surface area (Å²) >= 11 is 3.40. The van der Waals surface area contributed by atoms with Crippen LogP contribution in [0.3, 0.4) is 0 Å². The molecule has 0 heterocycles. The SMILES string of the molecule is CCOc1ccc(S(=O)(=O)N(CC(=O)N(Cc2cccc(Br)c2)C(C)C(=O)NC)c2ccc(F)cc2)cc1. The number of halogens is 2. The molecule has 0 aromatic heterocycles. The van der Waals surface area contributed by atoms with E-state index in [-0.39, 0.29) is 17.1 Å². The number of carbonyl (C=O) groups is 2. The second kappa shape index (κ2) is 12.9. The molecule has 0 bridgehead atoms. The van der Waals surface area contributed by atoms with Gasteiger partial charge in [-0.2, -0.15) is 0 Å². The second-order valence-electron chi connectivity index (χ2n) is 8.33. The maximum absolute atomic E-state index is 13.7. The zero-order valence-electron chi connectivity index (χ0n) is 21.2. The number of carbonyl (C=O) groups excluding carboxylic acids is 2. The number of hydrogen-bond donors (Lipinski definition) is 1. The van der Waals surface area contributed by atoms with Gasteiger partial charge in [-0.1, -0.05) is 28.1 Å². The zero-order valence-corrected chi connectivity index (χ0v) is 23.6. The number of amides is 2. The predicted molar refractivity (Wildman–Crippen MR) is 147 cm³/mol. The molecule has 3 rings (SSSR count). The first-order chi connectivity index (χ1) is 18.1. The Hall–Kier alpha value is -3.44. The van der Waals surface area contributed by atoms with Gasteiger partial charge in [0.1, 0.15) is 24.2 Å². The smallest absolute Gasteiger partial charge is 0.264 e. The summed E-state index contributed by atoms with van der Waals surface area (Å²) in [5, 5.41) is 2.53. The normalized spacial score (nSPS) is 11.9. The summed E-state index contributed by atoms with van der Waals surface area (Å²) in [6.07, 6.45) is 0. The van der Waals surface area contributed by atoms with Crippen LogP contribution in [0.2, 0.25) is 0 Å². The maximum atomic E-state index is 13.7. The fraction of sp³-hybridized carbons (Fsp3) is 0.259. The van der Waals surface area contributed by atoms with Crippen LogP contribution in [0.1, 0.15) is 19.4 Å². The van der Waals surface area contributed by atoms with Crippen molar-refractivity contribution in [2.75, 3.05) is 24.5 Å². The van der Waals surface area contributed by atoms with Crippen molar-refractivity contribution in [3.63, 3.8) is 0 Å². The van der Waals surface area contributed by atoms with E-state index in [1.54, 1.807) is 19.1 Å². The molecule has 1 N–H and O–H groups in total. The van der Waals surface area contributed by atoms with E-state index in [9.17, 15) is 22.4 Å². The lowest BCUT2D eigenvalue weighted by Crippen LogP contribution is -2.50. The highest BCUT2D eigenvalue weighted by molar-refractivity contribution is 9.10. The molecule has 0 aliphatic heterocycles. The van der Waals surface area contributed by atoms with E-state index in [0.717, 1.165) is 26.5 Å². The van der Waals surface area contributed by atoms with Crippen molar-refractivity contribution in [1.29, 1.82) is 0 Å². The second-order valence-corrected chi connectivity index (χ2v) is 11.1. The molecule has 0 aliphatic carbocycles. The first-order valence-electron chi connectivity index (χ1n) is 11.8. The van der Waals surface area contributed by atoms with Crippen molar-refractivity contribution in [2.24, 2.45) is 0 Å². The van der Waals surface area contributed by atoms with Crippen LogP contribution in [0.15, 0.2) is 82.2 Å². The molecule has 0 saturated carbocycles. The minimum Gasteiger partial charge on any atom is -0.494 e. The highest BCUT2D eigenvalue weighted by Crippen LogP contribution is 2.26. The van der Waals surface area contributed by atoms with E-state index in [4.69, 9.17) is 4.74 Å². The molecule has 1 unspecified atom stereocenters. The van der Waals surface area contributed by atoms with Crippen molar-refractivity contribution in [3.05, 3.63) is 88.6 Å². The molecule has 38 heavy (non-hydrogen) atoms. The van der Waals surface area contributed by atoms with E-state index >= 15 is 0 Å². The number of ether oxygens (including phenoxy) is 1. The largest absolute Gasteiger partial charge is 0.494 e. The third-order valence-corrected chi connectivity index (χ3v) is 8.05. The first kappa shape index (κ1) is 29.1. The molecule has 0 spiro atoms. The Balaban J connectivity index is 2.01. The van der Waals surface area contributed by atoms with Crippen molar-refractivity contribution in [3.8, 4) is 5.75 Å². The Bertz CT molecular complexity index is 1370. The van der Waals surface area contributed by atoms with Gasteiger partial charge in [-0.15, -0.1) is 0 Å². The summed E-state index contributed by atoms with van der Waals surface area (Å²) in [6, 6.07) is 17.0. The van der Waals surface area contributed by atoms with Gasteiger partial charge in [0.15, 0.2) is 0 Å². The number of anilines is 1. The lowest BCUT2D eigenvalue weighted by Gasteiger charge is -2.31. The summed E-state index contributed by atoms with van der Waals surface area (Å²) in [5.74, 6) is -1.07. The molecule has 202 valence electrons. The van der Waals surface area contributed by atoms with Crippen molar-refractivity contribution < 1.29 is 27.1 Å². The van der Waals surface area contributed by atoms with Crippen molar-refractivity contribution in [2.45, 2.75) is 31.3 Å². The molecular weight excluding hydrogens is 577 g/mol. The monoisotopic (exact) mass is 605 g/mol. The number of nitrogens with zero attached hydrogens (tertiary/aromatic N) is 2. The van der Waals surface area contributed by atoms with Crippen LogP contribution in [0.25, 0.3) is 0 Å². The third-order valence-electron chi connectivity index (χ3n) is 5.77. The van der Waals surface area contributed by atoms with Crippen LogP contribution in [-0.2, 0) is 26.2 Å². The Kier molecular flexibility index (Phi) is 9.87. The zero-order chi connectivity index (χ0) is 27.9. The van der Waals surface area contributed by atoms with Crippen LogP contribution >= 0.6 is 15.9 Å². The van der Waals surface area contributed by atoms with Crippen LogP contribution in [0, 0.1) is 5.82 Å². The summed E-state index contributed by atoms with van der Waals surface area (Å²) in [5.41, 5.74) is 0.842. The quantitative estimate of drug-likeness (QED) is 0.351. The van der Waals surface area contributed by atoms with E-state index in [2.05, 4.69) is 21.2 Å². The summed E-state index contributed by atoms with van der Waals surface area (Å²) in [7, 11) is -2.80. The lowest BCUT2D eigenvalue weighted by molar-refractivity contribution is -0.139. The Morgan fingerprint density at radius 3 is 2.29 bits per heavy atom. The van der Waals surface area contributed by atoms with Crippen molar-refractivity contribution in [1.82, 2.24) is 10.2 Å². The standard InChI is InChI=1S/C27H29BrFN3O5S/c1-4-37-24-12-14-25(15-13-24)38(35,36)32(23-10-8-22(29)9-11-23)18-26(33)31(19(2)27(34)30-3)17-20-6-5-7-21(28)16-20/h5-16,19H,4,17-18H2,1-3H3,(H,30,34). The van der Waals surface area contributed by atoms with Gasteiger partial charge in [-0.3, -0.25) is 13.9 Å². The average Bonchev–Trinajstić information content (AvgIpc) is 2.90. The number of nitrogens with one attached hydrogen (secondary N) is 1. The fourth-order valence-corrected chi connectivity index (χ4v) is 5.62. The minimum absolute atomic E-state index is 0.0627. The molecule has 11 heteroatoms. The molecule has 3 aromatic carbocycles. The van der Waals surface area contributed by atoms with Gasteiger partial charge in [0.05, 0.1) is 17.2 Å². The maximum Gasteiger partial charge on any atom is 0.264 e. The van der Waals surface area contributed by atoms with Gasteiger partial charge in [-0.25, -0.2) is 12.8 Å². The fourth-order valence-electron chi connectivity index (χ4n) is 3.76. The minimum atomic E-state index is -4.26. The van der Waals surface area contributed by atoms with Gasteiger partial charge < -0.3 is 15.0 Å². The van der Waals surface area contributed by atoms with Gasteiger partial charge in [0.2, 0.25) is 11.8 Å². The van der Waals surface area contributed by atoms with Gasteiger partial charge in [0, 0.05) is 18.1 Å². The number of benzene rings is 3. The Morgan fingerprint density at radius 1 is 1.05 bits per heavy atom. The Morgan fingerprint density at radius 2 is 1.71 bits per heavy atom. The topological polar surface area (TPSA) is 96.0 Å². The van der Waals surface area contributed by atoms with Gasteiger partial charge >= 0.3 is 0 Å². The summed E-state index contributed by atoms with van der Waals surface area (Å²) < 4.78 is 48.3. The van der Waals surface area contributed by atoms with Crippen LogP contribution in [0.4, 0.5) is 10.1 Å². The number of sulfonamides is 1. The molecule has 2 amide bonds. The number of rotatable bonds is 11. The molecule has 0 fully saturated rings. The van der Waals surface area contributed by atoms with Crippen LogP contribution in [-0.4, -0.2) is 51.4 Å². The van der Waals surface area contributed by atoms with E-state index in [0.29, 0.717) is 12.4 Å². The van der Waals surface area contributed by atoms with E-state index in [1.165, 1.54) is 48.3 Å². The Labute approximate surface area is 230 Å². The molecule has 3 aromatic rings. The summed E-state index contributed by atoms with van der Waals surface area (Å²) in [4.78, 5) is 27.4. The molecule has 1 atom stereocenters. The van der Waals surface area contributed by atoms with Crippen LogP contribution < -0.4 is 14.4 Å². The third kappa shape index (κ3) is 7.11. The van der Waals surface area contributed by atoms with Gasteiger partial charge in [0.25, 0.3) is 10.0 Å². The van der Waals surface area contributed by atoms with E-state index in [1.807, 2.05) is 19.1 Å². The number of likely N-dealkylation sites (N-methyl/N-ethyl adjacent to an activating group) is 1. The molecule has 0 radical (unpaired) electrons. The summed E-state index contributed by atoms with van der Waals surface area (Å²) in [6.45, 7) is 3.24. The van der Waals surface area contributed by atoms with Gasteiger partial charge in [-0.05, 0) is 80.1 Å². The van der Waals surface area contributed by atoms with Crippen molar-refractivity contribution >= 4 is 43.5 Å². The molecular formula is C27H29BrFN3O5S. The molecule has 8 nitrogen and oxygen atoms in total. The highest BCUT2D eigenvalue weighted by atomic mass is 79.9. The van der Waals surface area contributed by atoms with Crippen LogP contribution in [0.5, 0.6) is 5.75 Å². The first-order valence-corrected chi connectivity index (χ1v) is 14.1. The average molecular weight is 607 g/mol. The lowest BCUT2D eigenvalue weighted by atomic mass is 10.1. The predicted octanol–water partition coefficient (Wildman–Crippen LogP) is 4.35. The molecule has 0 aliphatic rings. The number of hydrogen-bond acceptors (Lipinski definition) is 5. The molecule has 0 saturated heterocycles.